The Bertz CT molecular complexity index is 677. The summed E-state index contributed by atoms with van der Waals surface area (Å²) < 4.78 is 18.7. The normalized spacial score (nSPS) is 10.7. The van der Waals surface area contributed by atoms with Crippen molar-refractivity contribution in [2.75, 3.05) is 0 Å². The molecule has 1 aromatic heterocycles. The zero-order valence-electron chi connectivity index (χ0n) is 10.9. The molecule has 0 saturated heterocycles. The van der Waals surface area contributed by atoms with Crippen LogP contribution in [-0.2, 0) is 11.3 Å². The molecule has 0 bridgehead atoms. The Labute approximate surface area is 119 Å². The van der Waals surface area contributed by atoms with Crippen molar-refractivity contribution in [2.24, 2.45) is 0 Å². The van der Waals surface area contributed by atoms with E-state index in [0.717, 1.165) is 17.7 Å². The van der Waals surface area contributed by atoms with Crippen LogP contribution in [0.4, 0.5) is 4.39 Å². The molecule has 0 saturated carbocycles. The summed E-state index contributed by atoms with van der Waals surface area (Å²) in [6.45, 7) is 0.232. The second-order valence-electron chi connectivity index (χ2n) is 4.23. The van der Waals surface area contributed by atoms with Gasteiger partial charge in [-0.2, -0.15) is 0 Å². The maximum Gasteiger partial charge on any atom is 0.328 e. The topological polar surface area (TPSA) is 79.5 Å². The largest absolute Gasteiger partial charge is 0.478 e. The Kier molecular flexibility index (Phi) is 4.50. The Morgan fingerprint density at radius 3 is 2.76 bits per heavy atom. The van der Waals surface area contributed by atoms with E-state index in [-0.39, 0.29) is 12.1 Å². The van der Waals surface area contributed by atoms with E-state index in [2.05, 4.69) is 5.32 Å². The second-order valence-corrected chi connectivity index (χ2v) is 4.23. The van der Waals surface area contributed by atoms with Crippen molar-refractivity contribution in [1.82, 2.24) is 5.32 Å². The van der Waals surface area contributed by atoms with Crippen molar-refractivity contribution in [1.29, 1.82) is 0 Å². The standard InChI is InChI=1S/C15H12FNO4/c16-13-7-10(2-4-14(18)19)1-3-12(13)15(20)17-8-11-5-6-21-9-11/h1-7,9H,8H2,(H,17,20)(H,18,19)/b4-2+. The van der Waals surface area contributed by atoms with Gasteiger partial charge in [0.15, 0.2) is 0 Å². The van der Waals surface area contributed by atoms with Crippen molar-refractivity contribution < 1.29 is 23.5 Å². The van der Waals surface area contributed by atoms with Crippen LogP contribution in [0, 0.1) is 5.82 Å². The Balaban J connectivity index is 2.05. The smallest absolute Gasteiger partial charge is 0.328 e. The van der Waals surface area contributed by atoms with Crippen molar-refractivity contribution >= 4 is 18.0 Å². The third-order valence-corrected chi connectivity index (χ3v) is 2.69. The predicted octanol–water partition coefficient (Wildman–Crippen LogP) is 2.45. The number of carbonyl (C=O) groups is 2. The Morgan fingerprint density at radius 2 is 2.14 bits per heavy atom. The summed E-state index contributed by atoms with van der Waals surface area (Å²) in [5, 5.41) is 11.1. The van der Waals surface area contributed by atoms with Crippen LogP contribution in [-0.4, -0.2) is 17.0 Å². The van der Waals surface area contributed by atoms with Crippen molar-refractivity contribution in [3.63, 3.8) is 0 Å². The number of nitrogens with one attached hydrogen (secondary N) is 1. The van der Waals surface area contributed by atoms with Crippen LogP contribution >= 0.6 is 0 Å². The van der Waals surface area contributed by atoms with Crippen molar-refractivity contribution in [2.45, 2.75) is 6.54 Å². The highest BCUT2D eigenvalue weighted by atomic mass is 19.1. The number of furan rings is 1. The highest BCUT2D eigenvalue weighted by molar-refractivity contribution is 5.94. The molecule has 2 rings (SSSR count). The van der Waals surface area contributed by atoms with E-state index in [4.69, 9.17) is 9.52 Å². The minimum absolute atomic E-state index is 0.106. The molecule has 5 nitrogen and oxygen atoms in total. The summed E-state index contributed by atoms with van der Waals surface area (Å²) in [4.78, 5) is 22.2. The maximum absolute atomic E-state index is 13.8. The van der Waals surface area contributed by atoms with Gasteiger partial charge in [-0.25, -0.2) is 9.18 Å². The molecule has 0 aliphatic rings. The van der Waals surface area contributed by atoms with E-state index < -0.39 is 17.7 Å². The molecule has 1 aromatic carbocycles. The van der Waals surface area contributed by atoms with E-state index in [9.17, 15) is 14.0 Å². The molecule has 0 aliphatic heterocycles. The number of carbonyl (C=O) groups excluding carboxylic acids is 1. The molecule has 2 aromatic rings. The van der Waals surface area contributed by atoms with Gasteiger partial charge < -0.3 is 14.8 Å². The Morgan fingerprint density at radius 1 is 1.33 bits per heavy atom. The molecule has 0 fully saturated rings. The molecule has 0 radical (unpaired) electrons. The highest BCUT2D eigenvalue weighted by Gasteiger charge is 2.11. The van der Waals surface area contributed by atoms with Gasteiger partial charge in [0.05, 0.1) is 18.1 Å². The van der Waals surface area contributed by atoms with E-state index in [1.54, 1.807) is 6.07 Å². The van der Waals surface area contributed by atoms with Crippen LogP contribution in [0.15, 0.2) is 47.3 Å². The summed E-state index contributed by atoms with van der Waals surface area (Å²) in [6, 6.07) is 5.57. The number of hydrogen-bond donors (Lipinski definition) is 2. The average molecular weight is 289 g/mol. The zero-order valence-corrected chi connectivity index (χ0v) is 10.9. The number of carboxylic acids is 1. The lowest BCUT2D eigenvalue weighted by Gasteiger charge is -2.05. The zero-order chi connectivity index (χ0) is 15.2. The number of aliphatic carboxylic acids is 1. The van der Waals surface area contributed by atoms with Gasteiger partial charge in [0.1, 0.15) is 5.82 Å². The van der Waals surface area contributed by atoms with Crippen molar-refractivity contribution in [3.8, 4) is 0 Å². The van der Waals surface area contributed by atoms with E-state index in [1.807, 2.05) is 0 Å². The summed E-state index contributed by atoms with van der Waals surface area (Å²) >= 11 is 0. The molecule has 0 aliphatic carbocycles. The van der Waals surface area contributed by atoms with Crippen LogP contribution in [0.3, 0.4) is 0 Å². The fourth-order valence-electron chi connectivity index (χ4n) is 1.66. The minimum atomic E-state index is -1.13. The van der Waals surface area contributed by atoms with Crippen LogP contribution < -0.4 is 5.32 Å². The van der Waals surface area contributed by atoms with Gasteiger partial charge in [0.2, 0.25) is 0 Å². The number of amides is 1. The van der Waals surface area contributed by atoms with Gasteiger partial charge in [-0.3, -0.25) is 4.79 Å². The van der Waals surface area contributed by atoms with Gasteiger partial charge >= 0.3 is 5.97 Å². The first kappa shape index (κ1) is 14.5. The molecule has 1 amide bonds. The summed E-state index contributed by atoms with van der Waals surface area (Å²) in [5.74, 6) is -2.40. The van der Waals surface area contributed by atoms with Crippen LogP contribution in [0.1, 0.15) is 21.5 Å². The number of halogens is 1. The van der Waals surface area contributed by atoms with E-state index in [0.29, 0.717) is 5.56 Å². The predicted molar refractivity (Wildman–Crippen MR) is 72.9 cm³/mol. The van der Waals surface area contributed by atoms with Gasteiger partial charge in [0.25, 0.3) is 5.91 Å². The first-order chi connectivity index (χ1) is 10.1. The molecule has 21 heavy (non-hydrogen) atoms. The molecule has 108 valence electrons. The van der Waals surface area contributed by atoms with E-state index in [1.165, 1.54) is 30.7 Å². The van der Waals surface area contributed by atoms with Gasteiger partial charge in [-0.05, 0) is 29.8 Å². The molecule has 0 spiro atoms. The second kappa shape index (κ2) is 6.51. The minimum Gasteiger partial charge on any atom is -0.478 e. The SMILES string of the molecule is O=C(O)/C=C/c1ccc(C(=O)NCc2ccoc2)c(F)c1. The highest BCUT2D eigenvalue weighted by Crippen LogP contribution is 2.12. The maximum atomic E-state index is 13.8. The lowest BCUT2D eigenvalue weighted by Crippen LogP contribution is -2.23. The lowest BCUT2D eigenvalue weighted by atomic mass is 10.1. The Hall–Kier alpha value is -2.89. The van der Waals surface area contributed by atoms with Gasteiger partial charge in [-0.1, -0.05) is 6.07 Å². The molecule has 0 unspecified atom stereocenters. The molecular weight excluding hydrogens is 277 g/mol. The fourth-order valence-corrected chi connectivity index (χ4v) is 1.66. The third-order valence-electron chi connectivity index (χ3n) is 2.69. The quantitative estimate of drug-likeness (QED) is 0.829. The first-order valence-electron chi connectivity index (χ1n) is 6.06. The van der Waals surface area contributed by atoms with E-state index >= 15 is 0 Å². The number of rotatable bonds is 5. The molecule has 1 heterocycles. The van der Waals surface area contributed by atoms with Gasteiger partial charge in [0, 0.05) is 18.2 Å². The number of carboxylic acid groups (broad SMARTS) is 1. The average Bonchev–Trinajstić information content (AvgIpc) is 2.96. The number of hydrogen-bond acceptors (Lipinski definition) is 3. The molecule has 6 heteroatoms. The van der Waals surface area contributed by atoms with Crippen LogP contribution in [0.5, 0.6) is 0 Å². The molecular formula is C15H12FNO4. The third kappa shape index (κ3) is 4.04. The summed E-state index contributed by atoms with van der Waals surface area (Å²) in [7, 11) is 0. The van der Waals surface area contributed by atoms with Crippen LogP contribution in [0.25, 0.3) is 6.08 Å². The van der Waals surface area contributed by atoms with Gasteiger partial charge in [-0.15, -0.1) is 0 Å². The lowest BCUT2D eigenvalue weighted by molar-refractivity contribution is -0.131. The fraction of sp³-hybridized carbons (Fsp3) is 0.0667. The summed E-state index contributed by atoms with van der Waals surface area (Å²) in [6.07, 6.45) is 5.11. The van der Waals surface area contributed by atoms with Crippen molar-refractivity contribution in [3.05, 3.63) is 65.4 Å². The number of benzene rings is 1. The molecule has 2 N–H and O–H groups in total. The first-order valence-corrected chi connectivity index (χ1v) is 6.06. The van der Waals surface area contributed by atoms with Crippen LogP contribution in [0.2, 0.25) is 0 Å². The molecule has 0 atom stereocenters. The monoisotopic (exact) mass is 289 g/mol. The summed E-state index contributed by atoms with van der Waals surface area (Å²) in [5.41, 5.74) is 1.03.